The molecule has 2 heterocycles. The van der Waals surface area contributed by atoms with Crippen molar-refractivity contribution in [1.29, 1.82) is 0 Å². The molecular formula is C19H20ClN7O. The van der Waals surface area contributed by atoms with Crippen LogP contribution < -0.4 is 21.3 Å². The third-order valence-electron chi connectivity index (χ3n) is 3.71. The van der Waals surface area contributed by atoms with Gasteiger partial charge in [0.05, 0.1) is 10.7 Å². The number of carbonyl (C=O) groups is 1. The molecule has 0 spiro atoms. The van der Waals surface area contributed by atoms with Gasteiger partial charge in [0, 0.05) is 31.2 Å². The summed E-state index contributed by atoms with van der Waals surface area (Å²) in [7, 11) is 0. The predicted molar refractivity (Wildman–Crippen MR) is 111 cm³/mol. The summed E-state index contributed by atoms with van der Waals surface area (Å²) in [5.74, 6) is 1.24. The van der Waals surface area contributed by atoms with E-state index in [1.54, 1.807) is 24.5 Å². The molecule has 0 fully saturated rings. The number of aromatic nitrogens is 3. The molecule has 8 nitrogen and oxygen atoms in total. The van der Waals surface area contributed by atoms with Crippen molar-refractivity contribution in [2.24, 2.45) is 0 Å². The second-order valence-corrected chi connectivity index (χ2v) is 6.36. The first-order valence-corrected chi connectivity index (χ1v) is 9.03. The van der Waals surface area contributed by atoms with E-state index in [-0.39, 0.29) is 6.03 Å². The SMILES string of the molecule is Cc1ccc(NC(=O)NCCNc2ccc(Nc3ccncc3)nn2)c(Cl)c1. The number of pyridine rings is 1. The Bertz CT molecular complexity index is 919. The van der Waals surface area contributed by atoms with E-state index in [0.29, 0.717) is 35.4 Å². The highest BCUT2D eigenvalue weighted by Gasteiger charge is 2.05. The van der Waals surface area contributed by atoms with Gasteiger partial charge in [-0.3, -0.25) is 4.98 Å². The van der Waals surface area contributed by atoms with Gasteiger partial charge in [-0.15, -0.1) is 10.2 Å². The normalized spacial score (nSPS) is 10.2. The number of hydrogen-bond donors (Lipinski definition) is 4. The molecular weight excluding hydrogens is 378 g/mol. The molecule has 28 heavy (non-hydrogen) atoms. The average molecular weight is 398 g/mol. The van der Waals surface area contributed by atoms with E-state index in [2.05, 4.69) is 36.4 Å². The zero-order valence-electron chi connectivity index (χ0n) is 15.2. The Kier molecular flexibility index (Phi) is 6.59. The smallest absolute Gasteiger partial charge is 0.319 e. The molecule has 0 bridgehead atoms. The number of urea groups is 1. The molecule has 0 aliphatic rings. The molecule has 0 aliphatic heterocycles. The van der Waals surface area contributed by atoms with Crippen molar-refractivity contribution in [1.82, 2.24) is 20.5 Å². The van der Waals surface area contributed by atoms with Crippen LogP contribution >= 0.6 is 11.6 Å². The summed E-state index contributed by atoms with van der Waals surface area (Å²) in [5, 5.41) is 20.4. The lowest BCUT2D eigenvalue weighted by Gasteiger charge is -2.10. The number of rotatable bonds is 7. The van der Waals surface area contributed by atoms with Crippen LogP contribution in [0.25, 0.3) is 0 Å². The molecule has 4 N–H and O–H groups in total. The van der Waals surface area contributed by atoms with Crippen LogP contribution in [0.3, 0.4) is 0 Å². The summed E-state index contributed by atoms with van der Waals surface area (Å²) in [6, 6.07) is 12.4. The van der Waals surface area contributed by atoms with Crippen LogP contribution in [0, 0.1) is 6.92 Å². The zero-order chi connectivity index (χ0) is 19.8. The largest absolute Gasteiger partial charge is 0.367 e. The second-order valence-electron chi connectivity index (χ2n) is 5.96. The van der Waals surface area contributed by atoms with Crippen molar-refractivity contribution in [3.63, 3.8) is 0 Å². The van der Waals surface area contributed by atoms with E-state index in [1.165, 1.54) is 0 Å². The minimum atomic E-state index is -0.324. The number of aryl methyl sites for hydroxylation is 1. The maximum atomic E-state index is 11.9. The number of benzene rings is 1. The summed E-state index contributed by atoms with van der Waals surface area (Å²) in [5.41, 5.74) is 2.48. The van der Waals surface area contributed by atoms with Crippen molar-refractivity contribution in [3.05, 3.63) is 65.4 Å². The lowest BCUT2D eigenvalue weighted by atomic mass is 10.2. The molecule has 0 radical (unpaired) electrons. The summed E-state index contributed by atoms with van der Waals surface area (Å²) >= 11 is 6.10. The topological polar surface area (TPSA) is 104 Å². The third-order valence-corrected chi connectivity index (χ3v) is 4.02. The Balaban J connectivity index is 1.39. The van der Waals surface area contributed by atoms with E-state index >= 15 is 0 Å². The zero-order valence-corrected chi connectivity index (χ0v) is 16.0. The highest BCUT2D eigenvalue weighted by molar-refractivity contribution is 6.33. The monoisotopic (exact) mass is 397 g/mol. The van der Waals surface area contributed by atoms with E-state index in [0.717, 1.165) is 11.3 Å². The minimum Gasteiger partial charge on any atom is -0.367 e. The Morgan fingerprint density at radius 1 is 1.00 bits per heavy atom. The summed E-state index contributed by atoms with van der Waals surface area (Å²) in [6.07, 6.45) is 3.39. The number of hydrogen-bond acceptors (Lipinski definition) is 6. The first kappa shape index (κ1) is 19.4. The van der Waals surface area contributed by atoms with Crippen molar-refractivity contribution < 1.29 is 4.79 Å². The number of anilines is 4. The standard InChI is InChI=1S/C19H20ClN7O/c1-13-2-3-16(15(20)12-13)25-19(28)23-11-10-22-17-4-5-18(27-26-17)24-14-6-8-21-9-7-14/h2-9,12H,10-11H2,1H3,(H,22,26)(H,21,24,27)(H2,23,25,28). The minimum absolute atomic E-state index is 0.324. The molecule has 2 amide bonds. The molecule has 0 atom stereocenters. The number of halogens is 1. The molecule has 0 saturated carbocycles. The van der Waals surface area contributed by atoms with E-state index in [1.807, 2.05) is 37.3 Å². The summed E-state index contributed by atoms with van der Waals surface area (Å²) < 4.78 is 0. The fourth-order valence-electron chi connectivity index (χ4n) is 2.33. The van der Waals surface area contributed by atoms with E-state index in [9.17, 15) is 4.79 Å². The van der Waals surface area contributed by atoms with Gasteiger partial charge in [0.15, 0.2) is 5.82 Å². The van der Waals surface area contributed by atoms with Gasteiger partial charge >= 0.3 is 6.03 Å². The molecule has 3 aromatic rings. The van der Waals surface area contributed by atoms with Crippen molar-refractivity contribution in [2.75, 3.05) is 29.0 Å². The number of nitrogens with one attached hydrogen (secondary N) is 4. The Morgan fingerprint density at radius 3 is 2.46 bits per heavy atom. The van der Waals surface area contributed by atoms with Crippen molar-refractivity contribution in [2.45, 2.75) is 6.92 Å². The van der Waals surface area contributed by atoms with Crippen molar-refractivity contribution in [3.8, 4) is 0 Å². The molecule has 9 heteroatoms. The van der Waals surface area contributed by atoms with Crippen LogP contribution in [0.5, 0.6) is 0 Å². The Labute approximate surface area is 167 Å². The second kappa shape index (κ2) is 9.52. The van der Waals surface area contributed by atoms with Crippen LogP contribution in [0.2, 0.25) is 5.02 Å². The van der Waals surface area contributed by atoms with E-state index < -0.39 is 0 Å². The number of nitrogens with zero attached hydrogens (tertiary/aromatic N) is 3. The quantitative estimate of drug-likeness (QED) is 0.452. The van der Waals surface area contributed by atoms with Crippen LogP contribution in [0.4, 0.5) is 27.8 Å². The summed E-state index contributed by atoms with van der Waals surface area (Å²) in [4.78, 5) is 15.9. The van der Waals surface area contributed by atoms with E-state index in [4.69, 9.17) is 11.6 Å². The Hall–Kier alpha value is -3.39. The molecule has 2 aromatic heterocycles. The first-order valence-electron chi connectivity index (χ1n) is 8.66. The first-order chi connectivity index (χ1) is 13.6. The Morgan fingerprint density at radius 2 is 1.75 bits per heavy atom. The van der Waals surface area contributed by atoms with Gasteiger partial charge < -0.3 is 21.3 Å². The lowest BCUT2D eigenvalue weighted by molar-refractivity contribution is 0.252. The van der Waals surface area contributed by atoms with Crippen LogP contribution in [-0.2, 0) is 0 Å². The maximum absolute atomic E-state index is 11.9. The number of amides is 2. The fourth-order valence-corrected chi connectivity index (χ4v) is 2.61. The molecule has 144 valence electrons. The lowest BCUT2D eigenvalue weighted by Crippen LogP contribution is -2.32. The molecule has 0 unspecified atom stereocenters. The third kappa shape index (κ3) is 5.82. The highest BCUT2D eigenvalue weighted by atomic mass is 35.5. The molecule has 1 aromatic carbocycles. The average Bonchev–Trinajstić information content (AvgIpc) is 2.69. The predicted octanol–water partition coefficient (Wildman–Crippen LogP) is 3.81. The van der Waals surface area contributed by atoms with Gasteiger partial charge in [0.2, 0.25) is 0 Å². The van der Waals surface area contributed by atoms with Crippen LogP contribution in [0.15, 0.2) is 54.9 Å². The molecule has 0 saturated heterocycles. The molecule has 0 aliphatic carbocycles. The summed E-state index contributed by atoms with van der Waals surface area (Å²) in [6.45, 7) is 2.85. The van der Waals surface area contributed by atoms with Gasteiger partial charge in [-0.1, -0.05) is 17.7 Å². The van der Waals surface area contributed by atoms with Crippen molar-refractivity contribution >= 4 is 40.6 Å². The number of carbonyl (C=O) groups excluding carboxylic acids is 1. The van der Waals surface area contributed by atoms with Gasteiger partial charge in [0.1, 0.15) is 5.82 Å². The van der Waals surface area contributed by atoms with Gasteiger partial charge in [-0.25, -0.2) is 4.79 Å². The highest BCUT2D eigenvalue weighted by Crippen LogP contribution is 2.22. The van der Waals surface area contributed by atoms with Gasteiger partial charge in [0.25, 0.3) is 0 Å². The molecule has 3 rings (SSSR count). The maximum Gasteiger partial charge on any atom is 0.319 e. The van der Waals surface area contributed by atoms with Gasteiger partial charge in [-0.05, 0) is 48.9 Å². The van der Waals surface area contributed by atoms with Crippen LogP contribution in [0.1, 0.15) is 5.56 Å². The van der Waals surface area contributed by atoms with Crippen LogP contribution in [-0.4, -0.2) is 34.3 Å². The fraction of sp³-hybridized carbons (Fsp3) is 0.158. The van der Waals surface area contributed by atoms with Gasteiger partial charge in [-0.2, -0.15) is 0 Å².